The van der Waals surface area contributed by atoms with Crippen molar-refractivity contribution in [3.05, 3.63) is 81.0 Å². The van der Waals surface area contributed by atoms with E-state index in [1.807, 2.05) is 24.3 Å². The second-order valence-corrected chi connectivity index (χ2v) is 9.18. The summed E-state index contributed by atoms with van der Waals surface area (Å²) in [5, 5.41) is 3.09. The van der Waals surface area contributed by atoms with Crippen LogP contribution in [0.5, 0.6) is 0 Å². The average molecular weight is 408 g/mol. The molecule has 0 bridgehead atoms. The van der Waals surface area contributed by atoms with Crippen LogP contribution in [0.4, 0.5) is 0 Å². The van der Waals surface area contributed by atoms with Crippen LogP contribution in [-0.2, 0) is 5.75 Å². The third-order valence-electron chi connectivity index (χ3n) is 4.74. The lowest BCUT2D eigenvalue weighted by Gasteiger charge is -2.12. The Morgan fingerprint density at radius 3 is 2.68 bits per heavy atom. The van der Waals surface area contributed by atoms with Crippen LogP contribution in [0.1, 0.15) is 36.5 Å². The van der Waals surface area contributed by atoms with Crippen LogP contribution >= 0.6 is 23.1 Å². The van der Waals surface area contributed by atoms with Gasteiger partial charge in [0.05, 0.1) is 5.69 Å². The fourth-order valence-electron chi connectivity index (χ4n) is 3.34. The van der Waals surface area contributed by atoms with Gasteiger partial charge in [-0.05, 0) is 41.7 Å². The molecule has 0 atom stereocenters. The van der Waals surface area contributed by atoms with Crippen LogP contribution in [0, 0.1) is 6.92 Å². The molecule has 0 unspecified atom stereocenters. The van der Waals surface area contributed by atoms with Gasteiger partial charge in [0.1, 0.15) is 5.58 Å². The minimum absolute atomic E-state index is 0.302. The highest BCUT2D eigenvalue weighted by Crippen LogP contribution is 2.33. The minimum Gasteiger partial charge on any atom is -0.423 e. The van der Waals surface area contributed by atoms with Gasteiger partial charge >= 0.3 is 5.63 Å². The van der Waals surface area contributed by atoms with Crippen molar-refractivity contribution < 1.29 is 4.42 Å². The molecule has 2 aromatic carbocycles. The van der Waals surface area contributed by atoms with Crippen molar-refractivity contribution in [3.63, 3.8) is 0 Å². The molecule has 2 aromatic heterocycles. The number of aryl methyl sites for hydroxylation is 1. The van der Waals surface area contributed by atoms with E-state index in [1.165, 1.54) is 5.56 Å². The molecule has 0 saturated heterocycles. The number of aromatic nitrogens is 1. The predicted octanol–water partition coefficient (Wildman–Crippen LogP) is 6.64. The monoisotopic (exact) mass is 407 g/mol. The molecule has 0 aliphatic heterocycles. The first kappa shape index (κ1) is 19.0. The molecule has 3 nitrogen and oxygen atoms in total. The van der Waals surface area contributed by atoms with Crippen molar-refractivity contribution in [3.8, 4) is 11.3 Å². The zero-order chi connectivity index (χ0) is 19.7. The third kappa shape index (κ3) is 3.91. The van der Waals surface area contributed by atoms with Gasteiger partial charge in [0.15, 0.2) is 4.34 Å². The van der Waals surface area contributed by atoms with Crippen molar-refractivity contribution in [2.75, 3.05) is 0 Å². The summed E-state index contributed by atoms with van der Waals surface area (Å²) in [6, 6.07) is 15.9. The normalized spacial score (nSPS) is 11.4. The largest absolute Gasteiger partial charge is 0.423 e. The summed E-state index contributed by atoms with van der Waals surface area (Å²) in [6.45, 7) is 6.43. The SMILES string of the molecule is Cc1cc2oc(=O)cc(CSc3nc(-c4ccccc4)cs3)c2cc1C(C)C. The molecule has 4 rings (SSSR count). The molecule has 28 heavy (non-hydrogen) atoms. The van der Waals surface area contributed by atoms with Crippen LogP contribution in [0.2, 0.25) is 0 Å². The maximum atomic E-state index is 12.0. The van der Waals surface area contributed by atoms with E-state index in [0.29, 0.717) is 17.3 Å². The number of nitrogens with zero attached hydrogens (tertiary/aromatic N) is 1. The second kappa shape index (κ2) is 7.94. The van der Waals surface area contributed by atoms with Gasteiger partial charge in [-0.1, -0.05) is 55.9 Å². The Morgan fingerprint density at radius 1 is 1.14 bits per heavy atom. The summed E-state index contributed by atoms with van der Waals surface area (Å²) in [4.78, 5) is 16.8. The average Bonchev–Trinajstić information content (AvgIpc) is 3.15. The molecule has 0 saturated carbocycles. The topological polar surface area (TPSA) is 43.1 Å². The Bertz CT molecular complexity index is 1180. The van der Waals surface area contributed by atoms with Crippen molar-refractivity contribution in [1.29, 1.82) is 0 Å². The van der Waals surface area contributed by atoms with Crippen LogP contribution < -0.4 is 5.63 Å². The third-order valence-corrected chi connectivity index (χ3v) is 6.81. The summed E-state index contributed by atoms with van der Waals surface area (Å²) in [6.07, 6.45) is 0. The summed E-state index contributed by atoms with van der Waals surface area (Å²) in [5.74, 6) is 1.11. The number of fused-ring (bicyclic) bond motifs is 1. The molecule has 0 radical (unpaired) electrons. The number of thiazole rings is 1. The van der Waals surface area contributed by atoms with Crippen molar-refractivity contribution in [1.82, 2.24) is 4.98 Å². The maximum absolute atomic E-state index is 12.0. The highest BCUT2D eigenvalue weighted by molar-refractivity contribution is 8.00. The molecule has 0 spiro atoms. The van der Waals surface area contributed by atoms with Crippen molar-refractivity contribution in [2.24, 2.45) is 0 Å². The molecule has 0 N–H and O–H groups in total. The quantitative estimate of drug-likeness (QED) is 0.275. The Morgan fingerprint density at radius 2 is 1.93 bits per heavy atom. The summed E-state index contributed by atoms with van der Waals surface area (Å²) < 4.78 is 6.45. The van der Waals surface area contributed by atoms with Crippen molar-refractivity contribution >= 4 is 34.1 Å². The van der Waals surface area contributed by atoms with E-state index in [2.05, 4.69) is 44.4 Å². The molecule has 2 heterocycles. The van der Waals surface area contributed by atoms with E-state index < -0.39 is 0 Å². The van der Waals surface area contributed by atoms with Crippen LogP contribution in [0.25, 0.3) is 22.2 Å². The van der Waals surface area contributed by atoms with Gasteiger partial charge in [-0.3, -0.25) is 0 Å². The molecule has 4 aromatic rings. The maximum Gasteiger partial charge on any atom is 0.336 e. The summed E-state index contributed by atoms with van der Waals surface area (Å²) in [7, 11) is 0. The molecule has 0 aliphatic rings. The molecule has 0 aliphatic carbocycles. The van der Waals surface area contributed by atoms with Crippen LogP contribution in [-0.4, -0.2) is 4.98 Å². The van der Waals surface area contributed by atoms with Crippen molar-refractivity contribution in [2.45, 2.75) is 36.8 Å². The highest BCUT2D eigenvalue weighted by Gasteiger charge is 2.13. The van der Waals surface area contributed by atoms with Gasteiger partial charge in [0.25, 0.3) is 0 Å². The molecule has 0 fully saturated rings. The Labute approximate surface area is 172 Å². The summed E-state index contributed by atoms with van der Waals surface area (Å²) >= 11 is 3.29. The van der Waals surface area contributed by atoms with Crippen LogP contribution in [0.3, 0.4) is 0 Å². The van der Waals surface area contributed by atoms with E-state index in [-0.39, 0.29) is 5.63 Å². The van der Waals surface area contributed by atoms with Crippen LogP contribution in [0.15, 0.2) is 67.5 Å². The second-order valence-electron chi connectivity index (χ2n) is 7.10. The minimum atomic E-state index is -0.302. The number of rotatable bonds is 5. The van der Waals surface area contributed by atoms with Gasteiger partial charge < -0.3 is 4.42 Å². The molecule has 142 valence electrons. The van der Waals surface area contributed by atoms with E-state index in [0.717, 1.165) is 32.1 Å². The lowest BCUT2D eigenvalue weighted by atomic mass is 9.95. The van der Waals surface area contributed by atoms with E-state index >= 15 is 0 Å². The van der Waals surface area contributed by atoms with E-state index in [4.69, 9.17) is 9.40 Å². The Kier molecular flexibility index (Phi) is 5.38. The number of hydrogen-bond acceptors (Lipinski definition) is 5. The lowest BCUT2D eigenvalue weighted by Crippen LogP contribution is -2.02. The molecular formula is C23H21NO2S2. The Balaban J connectivity index is 1.64. The lowest BCUT2D eigenvalue weighted by molar-refractivity contribution is 0.559. The molecule has 5 heteroatoms. The fraction of sp³-hybridized carbons (Fsp3) is 0.217. The standard InChI is InChI=1S/C23H21NO2S2/c1-14(2)18-11-19-17(10-22(25)26-21(19)9-15(18)3)12-27-23-24-20(13-28-23)16-7-5-4-6-8-16/h4-11,13-14H,12H2,1-3H3. The number of thioether (sulfide) groups is 1. The fourth-order valence-corrected chi connectivity index (χ4v) is 5.16. The van der Waals surface area contributed by atoms with Gasteiger partial charge in [-0.15, -0.1) is 11.3 Å². The highest BCUT2D eigenvalue weighted by atomic mass is 32.2. The first-order chi connectivity index (χ1) is 13.5. The van der Waals surface area contributed by atoms with Gasteiger partial charge in [-0.25, -0.2) is 9.78 Å². The zero-order valence-corrected chi connectivity index (χ0v) is 17.7. The molecular weight excluding hydrogens is 386 g/mol. The first-order valence-corrected chi connectivity index (χ1v) is 11.1. The predicted molar refractivity (Wildman–Crippen MR) is 118 cm³/mol. The summed E-state index contributed by atoms with van der Waals surface area (Å²) in [5.41, 5.74) is 5.90. The first-order valence-electron chi connectivity index (χ1n) is 9.22. The number of benzene rings is 2. The Hall–Kier alpha value is -2.37. The zero-order valence-electron chi connectivity index (χ0n) is 16.1. The van der Waals surface area contributed by atoms with Gasteiger partial charge in [0, 0.05) is 28.1 Å². The van der Waals surface area contributed by atoms with E-state index in [1.54, 1.807) is 29.2 Å². The van der Waals surface area contributed by atoms with Gasteiger partial charge in [-0.2, -0.15) is 0 Å². The molecule has 0 amide bonds. The smallest absolute Gasteiger partial charge is 0.336 e. The van der Waals surface area contributed by atoms with Gasteiger partial charge in [0.2, 0.25) is 0 Å². The number of hydrogen-bond donors (Lipinski definition) is 0. The van der Waals surface area contributed by atoms with E-state index in [9.17, 15) is 4.79 Å².